The third-order valence-electron chi connectivity index (χ3n) is 6.26. The Morgan fingerprint density at radius 1 is 1.04 bits per heavy atom. The number of benzene rings is 1. The number of fused-ring (bicyclic) bond motifs is 1. The summed E-state index contributed by atoms with van der Waals surface area (Å²) >= 11 is 0. The summed E-state index contributed by atoms with van der Waals surface area (Å²) in [5.41, 5.74) is 7.09. The van der Waals surface area contributed by atoms with Gasteiger partial charge in [-0.2, -0.15) is 0 Å². The van der Waals surface area contributed by atoms with Crippen LogP contribution in [0.1, 0.15) is 56.6 Å². The van der Waals surface area contributed by atoms with Gasteiger partial charge in [0, 0.05) is 23.4 Å². The zero-order valence-corrected chi connectivity index (χ0v) is 15.1. The van der Waals surface area contributed by atoms with Crippen molar-refractivity contribution in [1.82, 2.24) is 10.1 Å². The van der Waals surface area contributed by atoms with E-state index >= 15 is 0 Å². The van der Waals surface area contributed by atoms with E-state index in [1.807, 2.05) is 0 Å². The van der Waals surface area contributed by atoms with Gasteiger partial charge in [0.2, 0.25) is 0 Å². The fourth-order valence-electron chi connectivity index (χ4n) is 4.52. The van der Waals surface area contributed by atoms with Crippen molar-refractivity contribution in [2.75, 3.05) is 19.6 Å². The number of aromatic nitrogens is 1. The van der Waals surface area contributed by atoms with Crippen LogP contribution >= 0.6 is 0 Å². The molecule has 1 aromatic heterocycles. The Labute approximate surface area is 152 Å². The van der Waals surface area contributed by atoms with E-state index < -0.39 is 11.6 Å². The van der Waals surface area contributed by atoms with Crippen LogP contribution in [-0.2, 0) is 0 Å². The lowest BCUT2D eigenvalue weighted by Crippen LogP contribution is -2.35. The molecule has 4 nitrogen and oxygen atoms in total. The van der Waals surface area contributed by atoms with Gasteiger partial charge in [0.1, 0.15) is 0 Å². The molecule has 1 aliphatic carbocycles. The van der Waals surface area contributed by atoms with Crippen LogP contribution in [0.4, 0.5) is 8.78 Å². The van der Waals surface area contributed by atoms with E-state index in [1.54, 1.807) is 0 Å². The summed E-state index contributed by atoms with van der Waals surface area (Å²) in [7, 11) is 0. The Hall–Kier alpha value is -1.53. The lowest BCUT2D eigenvalue weighted by molar-refractivity contribution is 0.184. The van der Waals surface area contributed by atoms with Crippen LogP contribution in [0, 0.1) is 17.6 Å². The number of hydrogen-bond donors (Lipinski definition) is 1. The third kappa shape index (κ3) is 3.76. The molecule has 2 fully saturated rings. The van der Waals surface area contributed by atoms with Crippen LogP contribution in [0.15, 0.2) is 16.7 Å². The first kappa shape index (κ1) is 17.9. The highest BCUT2D eigenvalue weighted by atomic mass is 19.2. The molecule has 26 heavy (non-hydrogen) atoms. The van der Waals surface area contributed by atoms with Crippen LogP contribution in [0.25, 0.3) is 11.0 Å². The summed E-state index contributed by atoms with van der Waals surface area (Å²) < 4.78 is 32.1. The number of halogens is 2. The van der Waals surface area contributed by atoms with Crippen LogP contribution in [0.5, 0.6) is 0 Å². The molecule has 0 bridgehead atoms. The molecule has 2 N–H and O–H groups in total. The van der Waals surface area contributed by atoms with E-state index in [1.165, 1.54) is 38.2 Å². The van der Waals surface area contributed by atoms with E-state index in [2.05, 4.69) is 10.1 Å². The Kier molecular flexibility index (Phi) is 5.23. The molecule has 0 amide bonds. The number of likely N-dealkylation sites (tertiary alicyclic amines) is 1. The van der Waals surface area contributed by atoms with Gasteiger partial charge < -0.3 is 15.2 Å². The minimum Gasteiger partial charge on any atom is -0.356 e. The standard InChI is InChI=1S/C20H27F2N3O/c21-17-11-16-19(12-18(17)22)26-24-20(16)14-6-9-25(10-7-14)8-5-13-1-3-15(23)4-2-13/h11-15H,1-10,23H2. The Morgan fingerprint density at radius 2 is 1.73 bits per heavy atom. The molecule has 142 valence electrons. The molecule has 1 saturated heterocycles. The first-order valence-electron chi connectivity index (χ1n) is 9.82. The van der Waals surface area contributed by atoms with Crippen molar-refractivity contribution in [2.45, 2.75) is 56.9 Å². The number of hydrogen-bond acceptors (Lipinski definition) is 4. The molecule has 0 atom stereocenters. The van der Waals surface area contributed by atoms with Crippen molar-refractivity contribution in [3.05, 3.63) is 29.5 Å². The second-order valence-electron chi connectivity index (χ2n) is 8.02. The monoisotopic (exact) mass is 363 g/mol. The lowest BCUT2D eigenvalue weighted by Gasteiger charge is -2.33. The topological polar surface area (TPSA) is 55.3 Å². The lowest BCUT2D eigenvalue weighted by atomic mass is 9.84. The molecule has 2 heterocycles. The highest BCUT2D eigenvalue weighted by molar-refractivity contribution is 5.80. The molecule has 0 radical (unpaired) electrons. The van der Waals surface area contributed by atoms with E-state index in [4.69, 9.17) is 10.3 Å². The van der Waals surface area contributed by atoms with Crippen molar-refractivity contribution >= 4 is 11.0 Å². The van der Waals surface area contributed by atoms with Crippen molar-refractivity contribution < 1.29 is 13.3 Å². The van der Waals surface area contributed by atoms with Gasteiger partial charge in [0.05, 0.1) is 5.69 Å². The summed E-state index contributed by atoms with van der Waals surface area (Å²) in [6, 6.07) is 2.72. The van der Waals surface area contributed by atoms with Gasteiger partial charge in [0.15, 0.2) is 17.2 Å². The van der Waals surface area contributed by atoms with Gasteiger partial charge in [-0.05, 0) is 76.6 Å². The van der Waals surface area contributed by atoms with E-state index in [0.29, 0.717) is 17.0 Å². The molecule has 1 saturated carbocycles. The van der Waals surface area contributed by atoms with Gasteiger partial charge in [0.25, 0.3) is 0 Å². The Morgan fingerprint density at radius 3 is 2.46 bits per heavy atom. The van der Waals surface area contributed by atoms with Crippen LogP contribution < -0.4 is 5.73 Å². The van der Waals surface area contributed by atoms with E-state index in [-0.39, 0.29) is 5.92 Å². The second-order valence-corrected chi connectivity index (χ2v) is 8.02. The fourth-order valence-corrected chi connectivity index (χ4v) is 4.52. The Bertz CT molecular complexity index is 747. The largest absolute Gasteiger partial charge is 0.356 e. The minimum absolute atomic E-state index is 0.255. The average Bonchev–Trinajstić information content (AvgIpc) is 3.05. The number of rotatable bonds is 4. The Balaban J connectivity index is 1.32. The molecule has 0 unspecified atom stereocenters. The molecule has 6 heteroatoms. The van der Waals surface area contributed by atoms with Crippen molar-refractivity contribution in [1.29, 1.82) is 0 Å². The maximum Gasteiger partial charge on any atom is 0.170 e. The first-order chi connectivity index (χ1) is 12.6. The second kappa shape index (κ2) is 7.61. The third-order valence-corrected chi connectivity index (χ3v) is 6.26. The van der Waals surface area contributed by atoms with Crippen LogP contribution in [0.3, 0.4) is 0 Å². The predicted molar refractivity (Wildman–Crippen MR) is 96.9 cm³/mol. The summed E-state index contributed by atoms with van der Waals surface area (Å²) in [4.78, 5) is 2.52. The van der Waals surface area contributed by atoms with Gasteiger partial charge in [-0.3, -0.25) is 0 Å². The summed E-state index contributed by atoms with van der Waals surface area (Å²) in [5, 5.41) is 4.73. The maximum absolute atomic E-state index is 13.6. The smallest absolute Gasteiger partial charge is 0.170 e. The van der Waals surface area contributed by atoms with Crippen LogP contribution in [-0.4, -0.2) is 35.7 Å². The highest BCUT2D eigenvalue weighted by Gasteiger charge is 2.26. The van der Waals surface area contributed by atoms with E-state index in [9.17, 15) is 8.78 Å². The van der Waals surface area contributed by atoms with Crippen molar-refractivity contribution in [3.63, 3.8) is 0 Å². The number of nitrogens with zero attached hydrogens (tertiary/aromatic N) is 2. The van der Waals surface area contributed by atoms with Crippen LogP contribution in [0.2, 0.25) is 0 Å². The maximum atomic E-state index is 13.6. The average molecular weight is 363 g/mol. The molecule has 0 spiro atoms. The van der Waals surface area contributed by atoms with Gasteiger partial charge in [-0.25, -0.2) is 8.78 Å². The first-order valence-corrected chi connectivity index (χ1v) is 9.82. The molecule has 4 rings (SSSR count). The molecular formula is C20H27F2N3O. The molecule has 1 aromatic carbocycles. The quantitative estimate of drug-likeness (QED) is 0.885. The predicted octanol–water partition coefficient (Wildman–Crippen LogP) is 4.19. The molecule has 1 aliphatic heterocycles. The number of piperidine rings is 1. The van der Waals surface area contributed by atoms with E-state index in [0.717, 1.165) is 50.2 Å². The van der Waals surface area contributed by atoms with Crippen molar-refractivity contribution in [3.8, 4) is 0 Å². The zero-order chi connectivity index (χ0) is 18.1. The summed E-state index contributed by atoms with van der Waals surface area (Å²) in [6.45, 7) is 3.19. The van der Waals surface area contributed by atoms with Gasteiger partial charge in [-0.1, -0.05) is 5.16 Å². The zero-order valence-electron chi connectivity index (χ0n) is 15.1. The van der Waals surface area contributed by atoms with Gasteiger partial charge in [-0.15, -0.1) is 0 Å². The molecule has 2 aromatic rings. The van der Waals surface area contributed by atoms with Crippen molar-refractivity contribution in [2.24, 2.45) is 11.7 Å². The highest BCUT2D eigenvalue weighted by Crippen LogP contribution is 2.34. The summed E-state index contributed by atoms with van der Waals surface area (Å²) in [5.74, 6) is -0.653. The normalized spacial score (nSPS) is 25.8. The molecular weight excluding hydrogens is 336 g/mol. The molecule has 2 aliphatic rings. The van der Waals surface area contributed by atoms with Gasteiger partial charge >= 0.3 is 0 Å². The minimum atomic E-state index is -0.890. The SMILES string of the molecule is NC1CCC(CCN2CCC(c3noc4cc(F)c(F)cc34)CC2)CC1. The fraction of sp³-hybridized carbons (Fsp3) is 0.650. The number of nitrogens with two attached hydrogens (primary N) is 1. The summed E-state index contributed by atoms with van der Waals surface area (Å²) in [6.07, 6.45) is 8.10.